The molecule has 0 unspecified atom stereocenters. The quantitative estimate of drug-likeness (QED) is 0.676. The molecule has 1 aliphatic heterocycles. The van der Waals surface area contributed by atoms with Gasteiger partial charge in [-0.3, -0.25) is 4.98 Å². The SMILES string of the molecule is c1ccc2nc3c(cc2c1)CNCC3. The highest BCUT2D eigenvalue weighted by Gasteiger charge is 2.10. The van der Waals surface area contributed by atoms with Crippen LogP contribution < -0.4 is 5.32 Å². The van der Waals surface area contributed by atoms with E-state index in [4.69, 9.17) is 0 Å². The van der Waals surface area contributed by atoms with E-state index in [1.54, 1.807) is 0 Å². The second kappa shape index (κ2) is 3.07. The number of para-hydroxylation sites is 1. The van der Waals surface area contributed by atoms with Gasteiger partial charge in [-0.1, -0.05) is 18.2 Å². The van der Waals surface area contributed by atoms with Gasteiger partial charge >= 0.3 is 0 Å². The fourth-order valence-corrected chi connectivity index (χ4v) is 2.00. The zero-order valence-electron chi connectivity index (χ0n) is 7.96. The molecule has 1 aliphatic rings. The third kappa shape index (κ3) is 1.19. The van der Waals surface area contributed by atoms with E-state index in [-0.39, 0.29) is 0 Å². The van der Waals surface area contributed by atoms with E-state index in [0.717, 1.165) is 25.0 Å². The first-order chi connectivity index (χ1) is 6.93. The molecule has 1 N–H and O–H groups in total. The molecule has 3 rings (SSSR count). The van der Waals surface area contributed by atoms with Gasteiger partial charge in [0.15, 0.2) is 0 Å². The molecule has 2 heteroatoms. The molecule has 1 aromatic carbocycles. The molecule has 0 saturated heterocycles. The number of fused-ring (bicyclic) bond motifs is 2. The van der Waals surface area contributed by atoms with E-state index in [2.05, 4.69) is 34.6 Å². The van der Waals surface area contributed by atoms with Crippen molar-refractivity contribution in [2.24, 2.45) is 0 Å². The topological polar surface area (TPSA) is 24.9 Å². The summed E-state index contributed by atoms with van der Waals surface area (Å²) in [5.74, 6) is 0. The maximum absolute atomic E-state index is 4.68. The Kier molecular flexibility index (Phi) is 1.74. The van der Waals surface area contributed by atoms with Crippen LogP contribution in [0.15, 0.2) is 30.3 Å². The largest absolute Gasteiger partial charge is 0.312 e. The Hall–Kier alpha value is -1.41. The Labute approximate surface area is 83.0 Å². The zero-order valence-corrected chi connectivity index (χ0v) is 7.96. The number of hydrogen-bond donors (Lipinski definition) is 1. The van der Waals surface area contributed by atoms with Crippen LogP contribution in [0.2, 0.25) is 0 Å². The average molecular weight is 184 g/mol. The summed E-state index contributed by atoms with van der Waals surface area (Å²) in [5, 5.41) is 4.61. The van der Waals surface area contributed by atoms with E-state index in [0.29, 0.717) is 0 Å². The second-order valence-electron chi connectivity index (χ2n) is 3.71. The highest BCUT2D eigenvalue weighted by atomic mass is 14.9. The van der Waals surface area contributed by atoms with Gasteiger partial charge in [0.25, 0.3) is 0 Å². The number of nitrogens with zero attached hydrogens (tertiary/aromatic N) is 1. The van der Waals surface area contributed by atoms with Gasteiger partial charge in [0.05, 0.1) is 5.52 Å². The number of hydrogen-bond acceptors (Lipinski definition) is 2. The minimum atomic E-state index is 0.965. The Bertz CT molecular complexity index is 432. The Morgan fingerprint density at radius 1 is 1.21 bits per heavy atom. The number of aromatic nitrogens is 1. The maximum atomic E-state index is 4.68. The van der Waals surface area contributed by atoms with E-state index >= 15 is 0 Å². The molecule has 2 aromatic rings. The Morgan fingerprint density at radius 3 is 3.14 bits per heavy atom. The van der Waals surface area contributed by atoms with Crippen LogP contribution in [-0.2, 0) is 13.0 Å². The van der Waals surface area contributed by atoms with Gasteiger partial charge in [-0.2, -0.15) is 0 Å². The van der Waals surface area contributed by atoms with Gasteiger partial charge in [-0.15, -0.1) is 0 Å². The second-order valence-corrected chi connectivity index (χ2v) is 3.71. The summed E-state index contributed by atoms with van der Waals surface area (Å²) in [4.78, 5) is 4.68. The fourth-order valence-electron chi connectivity index (χ4n) is 2.00. The summed E-state index contributed by atoms with van der Waals surface area (Å²) in [6.45, 7) is 2.02. The standard InChI is InChI=1S/C12H12N2/c1-2-4-11-9(3-1)7-10-8-13-6-5-12(10)14-11/h1-4,7,13H,5-6,8H2. The molecule has 70 valence electrons. The first-order valence-electron chi connectivity index (χ1n) is 5.02. The summed E-state index contributed by atoms with van der Waals surface area (Å²) in [6.07, 6.45) is 1.06. The van der Waals surface area contributed by atoms with E-state index < -0.39 is 0 Å². The summed E-state index contributed by atoms with van der Waals surface area (Å²) < 4.78 is 0. The van der Waals surface area contributed by atoms with E-state index in [9.17, 15) is 0 Å². The molecule has 0 spiro atoms. The van der Waals surface area contributed by atoms with Crippen LogP contribution in [0, 0.1) is 0 Å². The normalized spacial score (nSPS) is 15.4. The number of benzene rings is 1. The smallest absolute Gasteiger partial charge is 0.0705 e. The summed E-state index contributed by atoms with van der Waals surface area (Å²) >= 11 is 0. The molecule has 2 heterocycles. The third-order valence-electron chi connectivity index (χ3n) is 2.75. The van der Waals surface area contributed by atoms with Crippen LogP contribution in [-0.4, -0.2) is 11.5 Å². The first kappa shape index (κ1) is 7.94. The molecule has 0 fully saturated rings. The van der Waals surface area contributed by atoms with Crippen LogP contribution in [0.25, 0.3) is 10.9 Å². The third-order valence-corrected chi connectivity index (χ3v) is 2.75. The number of rotatable bonds is 0. The van der Waals surface area contributed by atoms with Crippen molar-refractivity contribution in [3.05, 3.63) is 41.6 Å². The number of nitrogens with one attached hydrogen (secondary N) is 1. The monoisotopic (exact) mass is 184 g/mol. The van der Waals surface area contributed by atoms with Gasteiger partial charge < -0.3 is 5.32 Å². The van der Waals surface area contributed by atoms with Gasteiger partial charge in [-0.05, 0) is 17.7 Å². The lowest BCUT2D eigenvalue weighted by Gasteiger charge is -2.16. The van der Waals surface area contributed by atoms with Crippen molar-refractivity contribution in [2.75, 3.05) is 6.54 Å². The highest BCUT2D eigenvalue weighted by molar-refractivity contribution is 5.79. The van der Waals surface area contributed by atoms with Crippen molar-refractivity contribution in [2.45, 2.75) is 13.0 Å². The van der Waals surface area contributed by atoms with Gasteiger partial charge in [0.1, 0.15) is 0 Å². The molecule has 14 heavy (non-hydrogen) atoms. The van der Waals surface area contributed by atoms with Crippen molar-refractivity contribution in [1.29, 1.82) is 0 Å². The molecule has 0 bridgehead atoms. The fraction of sp³-hybridized carbons (Fsp3) is 0.250. The van der Waals surface area contributed by atoms with Crippen LogP contribution in [0.5, 0.6) is 0 Å². The maximum Gasteiger partial charge on any atom is 0.0705 e. The van der Waals surface area contributed by atoms with Crippen molar-refractivity contribution in [3.63, 3.8) is 0 Å². The van der Waals surface area contributed by atoms with Crippen molar-refractivity contribution < 1.29 is 0 Å². The Balaban J connectivity index is 2.27. The van der Waals surface area contributed by atoms with Gasteiger partial charge in [0, 0.05) is 30.6 Å². The molecule has 0 aliphatic carbocycles. The minimum absolute atomic E-state index is 0.965. The van der Waals surface area contributed by atoms with Crippen LogP contribution in [0.3, 0.4) is 0 Å². The van der Waals surface area contributed by atoms with Gasteiger partial charge in [-0.25, -0.2) is 0 Å². The molecule has 0 radical (unpaired) electrons. The predicted octanol–water partition coefficient (Wildman–Crippen LogP) is 1.88. The highest BCUT2D eigenvalue weighted by Crippen LogP contribution is 2.18. The lowest BCUT2D eigenvalue weighted by Crippen LogP contribution is -2.24. The molecular weight excluding hydrogens is 172 g/mol. The summed E-state index contributed by atoms with van der Waals surface area (Å²) in [6, 6.07) is 10.6. The van der Waals surface area contributed by atoms with E-state index in [1.165, 1.54) is 16.6 Å². The molecule has 2 nitrogen and oxygen atoms in total. The van der Waals surface area contributed by atoms with Crippen LogP contribution in [0.1, 0.15) is 11.3 Å². The molecule has 0 saturated carbocycles. The van der Waals surface area contributed by atoms with E-state index in [1.807, 2.05) is 6.07 Å². The molecule has 1 aromatic heterocycles. The van der Waals surface area contributed by atoms with Crippen molar-refractivity contribution in [1.82, 2.24) is 10.3 Å². The van der Waals surface area contributed by atoms with Crippen LogP contribution >= 0.6 is 0 Å². The molecular formula is C12H12N2. The summed E-state index contributed by atoms with van der Waals surface area (Å²) in [7, 11) is 0. The van der Waals surface area contributed by atoms with Gasteiger partial charge in [0.2, 0.25) is 0 Å². The molecule has 0 atom stereocenters. The zero-order chi connectivity index (χ0) is 9.38. The lowest BCUT2D eigenvalue weighted by atomic mass is 10.0. The average Bonchev–Trinajstić information content (AvgIpc) is 2.26. The van der Waals surface area contributed by atoms with Crippen molar-refractivity contribution >= 4 is 10.9 Å². The predicted molar refractivity (Wildman–Crippen MR) is 57.2 cm³/mol. The van der Waals surface area contributed by atoms with Crippen LogP contribution in [0.4, 0.5) is 0 Å². The first-order valence-corrected chi connectivity index (χ1v) is 5.02. The Morgan fingerprint density at radius 2 is 2.14 bits per heavy atom. The summed E-state index contributed by atoms with van der Waals surface area (Å²) in [5.41, 5.74) is 3.74. The number of pyridine rings is 1. The molecule has 0 amide bonds. The van der Waals surface area contributed by atoms with Crippen molar-refractivity contribution in [3.8, 4) is 0 Å². The minimum Gasteiger partial charge on any atom is -0.312 e. The lowest BCUT2D eigenvalue weighted by molar-refractivity contribution is 0.633.